The molecule has 0 spiro atoms. The lowest BCUT2D eigenvalue weighted by atomic mass is 10.0. The van der Waals surface area contributed by atoms with Crippen LogP contribution in [0.5, 0.6) is 11.6 Å². The van der Waals surface area contributed by atoms with Crippen LogP contribution in [-0.2, 0) is 0 Å². The summed E-state index contributed by atoms with van der Waals surface area (Å²) in [5.74, 6) is -0.133. The van der Waals surface area contributed by atoms with Gasteiger partial charge in [-0.3, -0.25) is 0 Å². The quantitative estimate of drug-likeness (QED) is 0.369. The third kappa shape index (κ3) is 3.25. The predicted octanol–water partition coefficient (Wildman–Crippen LogP) is 5.01. The van der Waals surface area contributed by atoms with Crippen LogP contribution in [0, 0.1) is 24.0 Å². The molecule has 0 amide bonds. The van der Waals surface area contributed by atoms with Crippen LogP contribution in [0.15, 0.2) is 60.7 Å². The number of aromatic nitrogens is 3. The fourth-order valence-electron chi connectivity index (χ4n) is 2.92. The highest BCUT2D eigenvalue weighted by Crippen LogP contribution is 2.35. The summed E-state index contributed by atoms with van der Waals surface area (Å²) < 4.78 is 5.77. The molecule has 0 unspecified atom stereocenters. The lowest BCUT2D eigenvalue weighted by Crippen LogP contribution is -2.00. The van der Waals surface area contributed by atoms with Crippen LogP contribution < -0.4 is 4.74 Å². The van der Waals surface area contributed by atoms with Crippen molar-refractivity contribution in [3.63, 3.8) is 0 Å². The molecule has 4 rings (SSSR count). The van der Waals surface area contributed by atoms with Gasteiger partial charge in [-0.15, -0.1) is 10.2 Å². The van der Waals surface area contributed by atoms with Crippen LogP contribution >= 0.6 is 0 Å². The lowest BCUT2D eigenvalue weighted by molar-refractivity contribution is -0.390. The number of rotatable bonds is 4. The summed E-state index contributed by atoms with van der Waals surface area (Å²) in [7, 11) is 0. The van der Waals surface area contributed by atoms with Gasteiger partial charge in [-0.1, -0.05) is 48.0 Å². The van der Waals surface area contributed by atoms with E-state index >= 15 is 0 Å². The summed E-state index contributed by atoms with van der Waals surface area (Å²) in [6.07, 6.45) is 0. The Labute approximate surface area is 160 Å². The first-order chi connectivity index (χ1) is 13.5. The van der Waals surface area contributed by atoms with Crippen LogP contribution in [-0.4, -0.2) is 20.1 Å². The number of pyridine rings is 1. The molecule has 0 bridgehead atoms. The van der Waals surface area contributed by atoms with Crippen molar-refractivity contribution in [2.75, 3.05) is 0 Å². The molecule has 0 saturated heterocycles. The first-order valence-electron chi connectivity index (χ1n) is 8.65. The molecule has 0 aliphatic heterocycles. The number of ether oxygens (including phenoxy) is 1. The van der Waals surface area contributed by atoms with Gasteiger partial charge in [-0.05, 0) is 35.0 Å². The molecule has 2 aromatic heterocycles. The number of aryl methyl sites for hydroxylation is 2. The van der Waals surface area contributed by atoms with Gasteiger partial charge in [0, 0.05) is 23.3 Å². The summed E-state index contributed by atoms with van der Waals surface area (Å²) in [4.78, 5) is 14.7. The fourth-order valence-corrected chi connectivity index (χ4v) is 2.92. The highest BCUT2D eigenvalue weighted by molar-refractivity contribution is 5.97. The second-order valence-corrected chi connectivity index (χ2v) is 6.40. The molecule has 7 heteroatoms. The Morgan fingerprint density at radius 2 is 1.61 bits per heavy atom. The first-order valence-corrected chi connectivity index (χ1v) is 8.65. The maximum absolute atomic E-state index is 11.3. The third-order valence-electron chi connectivity index (χ3n) is 4.34. The first kappa shape index (κ1) is 17.5. The monoisotopic (exact) mass is 372 g/mol. The van der Waals surface area contributed by atoms with Crippen molar-refractivity contribution >= 4 is 16.6 Å². The molecule has 0 fully saturated rings. The number of benzene rings is 2. The van der Waals surface area contributed by atoms with Gasteiger partial charge >= 0.3 is 5.82 Å². The highest BCUT2D eigenvalue weighted by atomic mass is 16.6. The van der Waals surface area contributed by atoms with Crippen LogP contribution in [0.2, 0.25) is 0 Å². The second-order valence-electron chi connectivity index (χ2n) is 6.40. The van der Waals surface area contributed by atoms with Gasteiger partial charge in [0.05, 0.1) is 0 Å². The van der Waals surface area contributed by atoms with E-state index in [9.17, 15) is 10.1 Å². The molecule has 7 nitrogen and oxygen atoms in total. The maximum atomic E-state index is 11.3. The largest absolute Gasteiger partial charge is 0.428 e. The van der Waals surface area contributed by atoms with Crippen molar-refractivity contribution < 1.29 is 9.66 Å². The van der Waals surface area contributed by atoms with Crippen molar-refractivity contribution in [2.45, 2.75) is 13.8 Å². The van der Waals surface area contributed by atoms with Gasteiger partial charge in [0.1, 0.15) is 11.4 Å². The van der Waals surface area contributed by atoms with Crippen molar-refractivity contribution in [3.05, 3.63) is 82.0 Å². The average Bonchev–Trinajstić information content (AvgIpc) is 2.70. The van der Waals surface area contributed by atoms with Gasteiger partial charge in [-0.25, -0.2) is 0 Å². The van der Waals surface area contributed by atoms with E-state index in [0.717, 1.165) is 22.2 Å². The molecule has 0 N–H and O–H groups in total. The molecule has 0 saturated carbocycles. The molecule has 28 heavy (non-hydrogen) atoms. The van der Waals surface area contributed by atoms with Gasteiger partial charge in [0.15, 0.2) is 0 Å². The van der Waals surface area contributed by atoms with Crippen LogP contribution in [0.3, 0.4) is 0 Å². The minimum atomic E-state index is -0.571. The standard InChI is InChI=1S/C21H16N4O3/c1-13-7-10-15(11-8-13)19-16-5-3-4-6-17(16)21(24-23-19)28-18-12-9-14(2)22-20(18)25(26)27/h3-12H,1-2H3. The Balaban J connectivity index is 1.83. The van der Waals surface area contributed by atoms with Gasteiger partial charge in [0.2, 0.25) is 11.6 Å². The Bertz CT molecular complexity index is 1190. The molecule has 0 aliphatic rings. The summed E-state index contributed by atoms with van der Waals surface area (Å²) >= 11 is 0. The van der Waals surface area contributed by atoms with Crippen LogP contribution in [0.25, 0.3) is 22.0 Å². The molecule has 0 atom stereocenters. The van der Waals surface area contributed by atoms with E-state index in [4.69, 9.17) is 4.74 Å². The number of fused-ring (bicyclic) bond motifs is 1. The normalized spacial score (nSPS) is 10.8. The zero-order valence-corrected chi connectivity index (χ0v) is 15.3. The molecule has 2 aromatic carbocycles. The van der Waals surface area contributed by atoms with Crippen molar-refractivity contribution in [3.8, 4) is 22.9 Å². The van der Waals surface area contributed by atoms with Gasteiger partial charge in [0.25, 0.3) is 0 Å². The number of nitro groups is 1. The van der Waals surface area contributed by atoms with E-state index in [2.05, 4.69) is 15.2 Å². The topological polar surface area (TPSA) is 91.0 Å². The summed E-state index contributed by atoms with van der Waals surface area (Å²) in [5.41, 5.74) is 3.34. The number of hydrogen-bond donors (Lipinski definition) is 0. The number of nitrogens with zero attached hydrogens (tertiary/aromatic N) is 4. The van der Waals surface area contributed by atoms with E-state index in [-0.39, 0.29) is 17.4 Å². The van der Waals surface area contributed by atoms with Crippen molar-refractivity contribution in [2.24, 2.45) is 0 Å². The third-order valence-corrected chi connectivity index (χ3v) is 4.34. The minimum absolute atomic E-state index is 0.0261. The zero-order valence-electron chi connectivity index (χ0n) is 15.3. The summed E-state index contributed by atoms with van der Waals surface area (Å²) in [5, 5.41) is 21.4. The SMILES string of the molecule is Cc1ccc(-c2nnc(Oc3ccc(C)nc3[N+](=O)[O-])c3ccccc23)cc1. The minimum Gasteiger partial charge on any atom is -0.428 e. The van der Waals surface area contributed by atoms with Crippen LogP contribution in [0.1, 0.15) is 11.3 Å². The Kier molecular flexibility index (Phi) is 4.41. The zero-order chi connectivity index (χ0) is 19.7. The maximum Gasteiger partial charge on any atom is 0.407 e. The van der Waals surface area contributed by atoms with E-state index < -0.39 is 4.92 Å². The van der Waals surface area contributed by atoms with Crippen molar-refractivity contribution in [1.82, 2.24) is 15.2 Å². The molecule has 0 radical (unpaired) electrons. The highest BCUT2D eigenvalue weighted by Gasteiger charge is 2.20. The molecule has 4 aromatic rings. The Morgan fingerprint density at radius 1 is 0.893 bits per heavy atom. The van der Waals surface area contributed by atoms with E-state index in [1.54, 1.807) is 13.0 Å². The van der Waals surface area contributed by atoms with Gasteiger partial charge in [-0.2, -0.15) is 0 Å². The van der Waals surface area contributed by atoms with Crippen LogP contribution in [0.4, 0.5) is 5.82 Å². The molecule has 2 heterocycles. The number of hydrogen-bond acceptors (Lipinski definition) is 6. The summed E-state index contributed by atoms with van der Waals surface area (Å²) in [6, 6.07) is 18.7. The molecule has 0 aliphatic carbocycles. The van der Waals surface area contributed by atoms with E-state index in [1.807, 2.05) is 55.5 Å². The molecular formula is C21H16N4O3. The smallest absolute Gasteiger partial charge is 0.407 e. The second kappa shape index (κ2) is 7.03. The Hall–Kier alpha value is -3.87. The summed E-state index contributed by atoms with van der Waals surface area (Å²) in [6.45, 7) is 3.70. The fraction of sp³-hybridized carbons (Fsp3) is 0.0952. The molecular weight excluding hydrogens is 356 g/mol. The van der Waals surface area contributed by atoms with E-state index in [0.29, 0.717) is 11.1 Å². The van der Waals surface area contributed by atoms with Crippen molar-refractivity contribution in [1.29, 1.82) is 0 Å². The van der Waals surface area contributed by atoms with Gasteiger partial charge < -0.3 is 14.9 Å². The van der Waals surface area contributed by atoms with E-state index in [1.165, 1.54) is 6.07 Å². The average molecular weight is 372 g/mol. The predicted molar refractivity (Wildman–Crippen MR) is 105 cm³/mol. The lowest BCUT2D eigenvalue weighted by Gasteiger charge is -2.10. The Morgan fingerprint density at radius 3 is 2.32 bits per heavy atom. The molecule has 138 valence electrons.